The second-order valence-corrected chi connectivity index (χ2v) is 7.99. The highest BCUT2D eigenvalue weighted by Gasteiger charge is 2.45. The van der Waals surface area contributed by atoms with E-state index < -0.39 is 41.0 Å². The van der Waals surface area contributed by atoms with E-state index in [1.807, 2.05) is 0 Å². The fourth-order valence-electron chi connectivity index (χ4n) is 3.60. The lowest BCUT2D eigenvalue weighted by Gasteiger charge is -2.28. The number of nitro benzene ring substituents is 1. The first-order valence-corrected chi connectivity index (χ1v) is 10.7. The number of rotatable bonds is 5. The van der Waals surface area contributed by atoms with Crippen molar-refractivity contribution in [3.05, 3.63) is 105 Å². The van der Waals surface area contributed by atoms with Crippen LogP contribution in [0.1, 0.15) is 27.1 Å². The molecule has 176 valence electrons. The third-order valence-corrected chi connectivity index (χ3v) is 5.55. The molecule has 1 aliphatic rings. The minimum absolute atomic E-state index is 0.142. The summed E-state index contributed by atoms with van der Waals surface area (Å²) in [6, 6.07) is 17.4. The van der Waals surface area contributed by atoms with Crippen LogP contribution in [-0.4, -0.2) is 39.6 Å². The number of non-ortho nitro benzene ring substituents is 1. The quantitative estimate of drug-likeness (QED) is 0.330. The predicted octanol–water partition coefficient (Wildman–Crippen LogP) is 3.37. The van der Waals surface area contributed by atoms with Gasteiger partial charge in [0.1, 0.15) is 6.04 Å². The monoisotopic (exact) mass is 492 g/mol. The van der Waals surface area contributed by atoms with E-state index in [-0.39, 0.29) is 16.8 Å². The highest BCUT2D eigenvalue weighted by atomic mass is 35.5. The lowest BCUT2D eigenvalue weighted by atomic mass is 10.1. The summed E-state index contributed by atoms with van der Waals surface area (Å²) in [6.45, 7) is 0. The molecular weight excluding hydrogens is 476 g/mol. The summed E-state index contributed by atoms with van der Waals surface area (Å²) in [5.41, 5.74) is 2.36. The fourth-order valence-corrected chi connectivity index (χ4v) is 3.73. The Morgan fingerprint density at radius 3 is 2.31 bits per heavy atom. The van der Waals surface area contributed by atoms with E-state index in [0.717, 1.165) is 16.0 Å². The minimum Gasteiger partial charge on any atom is -0.274 e. The SMILES string of the molecule is O=C(NN(C(=O)c1cccc([N+](=O)[O-])c1)C1CC(=O)N(c2ccccc2)C1=O)c1ccc(Cl)cc1. The molecule has 1 heterocycles. The number of nitro groups is 1. The molecule has 0 radical (unpaired) electrons. The predicted molar refractivity (Wildman–Crippen MR) is 126 cm³/mol. The van der Waals surface area contributed by atoms with Gasteiger partial charge in [-0.1, -0.05) is 35.9 Å². The maximum absolute atomic E-state index is 13.4. The van der Waals surface area contributed by atoms with Crippen molar-refractivity contribution in [2.45, 2.75) is 12.5 Å². The summed E-state index contributed by atoms with van der Waals surface area (Å²) in [4.78, 5) is 63.8. The van der Waals surface area contributed by atoms with Gasteiger partial charge < -0.3 is 0 Å². The number of nitrogens with zero attached hydrogens (tertiary/aromatic N) is 3. The zero-order chi connectivity index (χ0) is 25.1. The summed E-state index contributed by atoms with van der Waals surface area (Å²) in [5.74, 6) is -2.92. The van der Waals surface area contributed by atoms with Crippen LogP contribution in [0.4, 0.5) is 11.4 Å². The number of anilines is 1. The Balaban J connectivity index is 1.70. The topological polar surface area (TPSA) is 130 Å². The van der Waals surface area contributed by atoms with Crippen molar-refractivity contribution in [3.8, 4) is 0 Å². The number of nitrogens with one attached hydrogen (secondary N) is 1. The summed E-state index contributed by atoms with van der Waals surface area (Å²) in [5, 5.41) is 12.3. The van der Waals surface area contributed by atoms with Gasteiger partial charge in [-0.05, 0) is 42.5 Å². The van der Waals surface area contributed by atoms with E-state index in [1.165, 1.54) is 42.5 Å². The van der Waals surface area contributed by atoms with Gasteiger partial charge in [0.25, 0.3) is 23.4 Å². The average molecular weight is 493 g/mol. The van der Waals surface area contributed by atoms with E-state index >= 15 is 0 Å². The van der Waals surface area contributed by atoms with Crippen LogP contribution in [0.3, 0.4) is 0 Å². The zero-order valence-corrected chi connectivity index (χ0v) is 18.7. The third kappa shape index (κ3) is 4.87. The van der Waals surface area contributed by atoms with Crippen LogP contribution in [0.2, 0.25) is 5.02 Å². The molecule has 0 spiro atoms. The van der Waals surface area contributed by atoms with Crippen LogP contribution >= 0.6 is 11.6 Å². The molecule has 0 saturated carbocycles. The molecule has 1 saturated heterocycles. The van der Waals surface area contributed by atoms with Gasteiger partial charge in [-0.25, -0.2) is 9.91 Å². The number of benzene rings is 3. The van der Waals surface area contributed by atoms with Crippen molar-refractivity contribution in [2.24, 2.45) is 0 Å². The molecule has 11 heteroatoms. The van der Waals surface area contributed by atoms with Gasteiger partial charge in [0.2, 0.25) is 5.91 Å². The van der Waals surface area contributed by atoms with E-state index in [9.17, 15) is 29.3 Å². The van der Waals surface area contributed by atoms with Gasteiger partial charge in [0.15, 0.2) is 0 Å². The number of hydrogen-bond acceptors (Lipinski definition) is 6. The lowest BCUT2D eigenvalue weighted by Crippen LogP contribution is -2.54. The van der Waals surface area contributed by atoms with Crippen molar-refractivity contribution in [1.29, 1.82) is 0 Å². The van der Waals surface area contributed by atoms with Gasteiger partial charge in [0, 0.05) is 28.3 Å². The number of amides is 4. The molecule has 4 rings (SSSR count). The van der Waals surface area contributed by atoms with Crippen LogP contribution in [0.25, 0.3) is 0 Å². The van der Waals surface area contributed by atoms with Gasteiger partial charge >= 0.3 is 0 Å². The number of hydrogen-bond donors (Lipinski definition) is 1. The standard InChI is InChI=1S/C24H17ClN4O6/c25-17-11-9-15(10-12-17)22(31)26-28(23(32)16-5-4-8-19(13-16)29(34)35)20-14-21(30)27(24(20)33)18-6-2-1-3-7-18/h1-13,20H,14H2,(H,26,31). The first-order chi connectivity index (χ1) is 16.8. The van der Waals surface area contributed by atoms with E-state index in [2.05, 4.69) is 5.43 Å². The first kappa shape index (κ1) is 23.6. The normalized spacial score (nSPS) is 15.1. The van der Waals surface area contributed by atoms with Crippen LogP contribution in [0, 0.1) is 10.1 Å². The molecule has 0 aromatic heterocycles. The van der Waals surface area contributed by atoms with E-state index in [0.29, 0.717) is 10.7 Å². The zero-order valence-electron chi connectivity index (χ0n) is 18.0. The van der Waals surface area contributed by atoms with Crippen LogP contribution in [0.15, 0.2) is 78.9 Å². The molecule has 4 amide bonds. The van der Waals surface area contributed by atoms with Gasteiger partial charge in [-0.15, -0.1) is 0 Å². The van der Waals surface area contributed by atoms with Gasteiger partial charge in [0.05, 0.1) is 17.0 Å². The lowest BCUT2D eigenvalue weighted by molar-refractivity contribution is -0.384. The second-order valence-electron chi connectivity index (χ2n) is 7.55. The Bertz CT molecular complexity index is 1330. The van der Waals surface area contributed by atoms with E-state index in [1.54, 1.807) is 30.3 Å². The van der Waals surface area contributed by atoms with Crippen molar-refractivity contribution < 1.29 is 24.1 Å². The maximum Gasteiger partial charge on any atom is 0.273 e. The number of para-hydroxylation sites is 1. The molecule has 1 aliphatic heterocycles. The Kier molecular flexibility index (Phi) is 6.56. The van der Waals surface area contributed by atoms with Crippen LogP contribution in [0.5, 0.6) is 0 Å². The van der Waals surface area contributed by atoms with Crippen molar-refractivity contribution in [3.63, 3.8) is 0 Å². The fraction of sp³-hybridized carbons (Fsp3) is 0.0833. The Morgan fingerprint density at radius 2 is 1.66 bits per heavy atom. The van der Waals surface area contributed by atoms with Crippen molar-refractivity contribution in [1.82, 2.24) is 10.4 Å². The molecule has 0 bridgehead atoms. The molecule has 1 unspecified atom stereocenters. The second kappa shape index (κ2) is 9.74. The number of carbonyl (C=O) groups excluding carboxylic acids is 4. The summed E-state index contributed by atoms with van der Waals surface area (Å²) < 4.78 is 0. The smallest absolute Gasteiger partial charge is 0.273 e. The Morgan fingerprint density at radius 1 is 0.971 bits per heavy atom. The Hall–Kier alpha value is -4.57. The highest BCUT2D eigenvalue weighted by molar-refractivity contribution is 6.30. The molecule has 10 nitrogen and oxygen atoms in total. The van der Waals surface area contributed by atoms with Crippen molar-refractivity contribution in [2.75, 3.05) is 4.90 Å². The molecule has 1 fully saturated rings. The van der Waals surface area contributed by atoms with E-state index in [4.69, 9.17) is 11.6 Å². The number of hydrazine groups is 1. The largest absolute Gasteiger partial charge is 0.274 e. The summed E-state index contributed by atoms with van der Waals surface area (Å²) in [7, 11) is 0. The minimum atomic E-state index is -1.37. The van der Waals surface area contributed by atoms with Gasteiger partial charge in [-0.3, -0.25) is 34.7 Å². The number of imide groups is 1. The first-order valence-electron chi connectivity index (χ1n) is 10.3. The third-order valence-electron chi connectivity index (χ3n) is 5.30. The molecule has 3 aromatic rings. The van der Waals surface area contributed by atoms with Crippen LogP contribution < -0.4 is 10.3 Å². The molecular formula is C24H17ClN4O6. The number of carbonyl (C=O) groups is 4. The summed E-state index contributed by atoms with van der Waals surface area (Å²) in [6.07, 6.45) is -0.394. The number of halogens is 1. The van der Waals surface area contributed by atoms with Gasteiger partial charge in [-0.2, -0.15) is 0 Å². The maximum atomic E-state index is 13.4. The summed E-state index contributed by atoms with van der Waals surface area (Å²) >= 11 is 5.87. The van der Waals surface area contributed by atoms with Crippen LogP contribution in [-0.2, 0) is 9.59 Å². The molecule has 1 atom stereocenters. The average Bonchev–Trinajstić information content (AvgIpc) is 3.16. The van der Waals surface area contributed by atoms with Crippen molar-refractivity contribution >= 4 is 46.6 Å². The molecule has 35 heavy (non-hydrogen) atoms. The molecule has 1 N–H and O–H groups in total. The Labute approximate surface area is 203 Å². The highest BCUT2D eigenvalue weighted by Crippen LogP contribution is 2.26. The molecule has 0 aliphatic carbocycles. The molecule has 3 aromatic carbocycles.